The van der Waals surface area contributed by atoms with E-state index < -0.39 is 0 Å². The summed E-state index contributed by atoms with van der Waals surface area (Å²) in [6.45, 7) is 11.8. The SMILES string of the molecule is CCNC(C)(C#N)CCCCN(C)CC(C)CC. The smallest absolute Gasteiger partial charge is 0.103 e. The molecule has 0 spiro atoms. The minimum absolute atomic E-state index is 0.343. The molecule has 0 saturated heterocycles. The van der Waals surface area contributed by atoms with Crippen molar-refractivity contribution in [3.63, 3.8) is 0 Å². The molecule has 0 heterocycles. The normalized spacial score (nSPS) is 16.3. The molecular weight excluding hydrogens is 222 g/mol. The summed E-state index contributed by atoms with van der Waals surface area (Å²) in [5, 5.41) is 12.4. The molecule has 0 saturated carbocycles. The van der Waals surface area contributed by atoms with Gasteiger partial charge in [0.25, 0.3) is 0 Å². The Bertz CT molecular complexity index is 247. The Balaban J connectivity index is 3.75. The zero-order valence-electron chi connectivity index (χ0n) is 12.9. The van der Waals surface area contributed by atoms with Crippen LogP contribution in [0.4, 0.5) is 0 Å². The van der Waals surface area contributed by atoms with Gasteiger partial charge in [-0.1, -0.05) is 27.2 Å². The van der Waals surface area contributed by atoms with Crippen molar-refractivity contribution in [2.24, 2.45) is 5.92 Å². The van der Waals surface area contributed by atoms with Crippen molar-refractivity contribution < 1.29 is 0 Å². The average Bonchev–Trinajstić information content (AvgIpc) is 2.35. The van der Waals surface area contributed by atoms with E-state index in [9.17, 15) is 0 Å². The van der Waals surface area contributed by atoms with Crippen molar-refractivity contribution >= 4 is 0 Å². The summed E-state index contributed by atoms with van der Waals surface area (Å²) in [6.07, 6.45) is 4.48. The fraction of sp³-hybridized carbons (Fsp3) is 0.933. The highest BCUT2D eigenvalue weighted by Gasteiger charge is 2.21. The van der Waals surface area contributed by atoms with E-state index in [0.717, 1.165) is 31.8 Å². The zero-order chi connectivity index (χ0) is 14.0. The fourth-order valence-corrected chi connectivity index (χ4v) is 2.19. The standard InChI is InChI=1S/C15H31N3/c1-6-14(3)12-18(5)11-9-8-10-15(4,13-16)17-7-2/h14,17H,6-12H2,1-5H3. The first kappa shape index (κ1) is 17.4. The maximum Gasteiger partial charge on any atom is 0.103 e. The summed E-state index contributed by atoms with van der Waals surface area (Å²) in [5.74, 6) is 0.779. The molecule has 0 aromatic rings. The lowest BCUT2D eigenvalue weighted by Gasteiger charge is -2.24. The van der Waals surface area contributed by atoms with Crippen LogP contribution in [0, 0.1) is 17.2 Å². The van der Waals surface area contributed by atoms with Crippen molar-refractivity contribution in [2.45, 2.75) is 58.9 Å². The van der Waals surface area contributed by atoms with Crippen molar-refractivity contribution in [1.82, 2.24) is 10.2 Å². The first-order valence-electron chi connectivity index (χ1n) is 7.32. The van der Waals surface area contributed by atoms with Gasteiger partial charge in [-0.25, -0.2) is 0 Å². The highest BCUT2D eigenvalue weighted by molar-refractivity contribution is 5.03. The summed E-state index contributed by atoms with van der Waals surface area (Å²) in [4.78, 5) is 2.41. The highest BCUT2D eigenvalue weighted by atomic mass is 15.1. The molecule has 3 nitrogen and oxygen atoms in total. The minimum atomic E-state index is -0.343. The van der Waals surface area contributed by atoms with Crippen LogP contribution in [0.3, 0.4) is 0 Å². The van der Waals surface area contributed by atoms with Gasteiger partial charge in [-0.2, -0.15) is 5.26 Å². The first-order chi connectivity index (χ1) is 8.47. The lowest BCUT2D eigenvalue weighted by molar-refractivity contribution is 0.272. The number of hydrogen-bond donors (Lipinski definition) is 1. The molecule has 0 aliphatic rings. The van der Waals surface area contributed by atoms with E-state index in [4.69, 9.17) is 5.26 Å². The summed E-state index contributed by atoms with van der Waals surface area (Å²) in [5.41, 5.74) is -0.343. The van der Waals surface area contributed by atoms with Gasteiger partial charge in [0.15, 0.2) is 0 Å². The molecule has 0 amide bonds. The monoisotopic (exact) mass is 253 g/mol. The van der Waals surface area contributed by atoms with Gasteiger partial charge >= 0.3 is 0 Å². The number of nitriles is 1. The largest absolute Gasteiger partial charge is 0.306 e. The molecule has 0 fully saturated rings. The summed E-state index contributed by atoms with van der Waals surface area (Å²) in [6, 6.07) is 2.38. The van der Waals surface area contributed by atoms with Gasteiger partial charge in [0.1, 0.15) is 5.54 Å². The predicted octanol–water partition coefficient (Wildman–Crippen LogP) is 3.03. The number of unbranched alkanes of at least 4 members (excludes halogenated alkanes) is 1. The predicted molar refractivity (Wildman–Crippen MR) is 78.5 cm³/mol. The van der Waals surface area contributed by atoms with Gasteiger partial charge in [0, 0.05) is 6.54 Å². The molecule has 1 N–H and O–H groups in total. The van der Waals surface area contributed by atoms with Crippen LogP contribution in [0.25, 0.3) is 0 Å². The van der Waals surface area contributed by atoms with Crippen LogP contribution in [0.2, 0.25) is 0 Å². The van der Waals surface area contributed by atoms with Crippen molar-refractivity contribution in [3.8, 4) is 6.07 Å². The zero-order valence-corrected chi connectivity index (χ0v) is 12.9. The third kappa shape index (κ3) is 7.68. The fourth-order valence-electron chi connectivity index (χ4n) is 2.19. The highest BCUT2D eigenvalue weighted by Crippen LogP contribution is 2.13. The van der Waals surface area contributed by atoms with Gasteiger partial charge in [-0.15, -0.1) is 0 Å². The second kappa shape index (κ2) is 9.35. The van der Waals surface area contributed by atoms with E-state index in [1.54, 1.807) is 0 Å². The molecule has 2 unspecified atom stereocenters. The van der Waals surface area contributed by atoms with Crippen LogP contribution in [0.15, 0.2) is 0 Å². The van der Waals surface area contributed by atoms with Crippen molar-refractivity contribution in [2.75, 3.05) is 26.7 Å². The topological polar surface area (TPSA) is 39.1 Å². The third-order valence-corrected chi connectivity index (χ3v) is 3.60. The minimum Gasteiger partial charge on any atom is -0.306 e. The Morgan fingerprint density at radius 1 is 1.33 bits per heavy atom. The second-order valence-electron chi connectivity index (χ2n) is 5.71. The van der Waals surface area contributed by atoms with Gasteiger partial charge in [-0.05, 0) is 52.2 Å². The molecule has 0 aromatic carbocycles. The number of nitrogens with one attached hydrogen (secondary N) is 1. The molecule has 0 bridgehead atoms. The average molecular weight is 253 g/mol. The van der Waals surface area contributed by atoms with E-state index in [1.165, 1.54) is 19.4 Å². The molecule has 106 valence electrons. The third-order valence-electron chi connectivity index (χ3n) is 3.60. The van der Waals surface area contributed by atoms with Crippen LogP contribution in [0.1, 0.15) is 53.4 Å². The van der Waals surface area contributed by atoms with E-state index in [2.05, 4.69) is 44.1 Å². The molecular formula is C15H31N3. The van der Waals surface area contributed by atoms with Crippen LogP contribution < -0.4 is 5.32 Å². The van der Waals surface area contributed by atoms with Crippen LogP contribution >= 0.6 is 0 Å². The van der Waals surface area contributed by atoms with Gasteiger partial charge in [0.2, 0.25) is 0 Å². The summed E-state index contributed by atoms with van der Waals surface area (Å²) >= 11 is 0. The van der Waals surface area contributed by atoms with Crippen LogP contribution in [0.5, 0.6) is 0 Å². The van der Waals surface area contributed by atoms with E-state index in [0.29, 0.717) is 0 Å². The Morgan fingerprint density at radius 2 is 2.00 bits per heavy atom. The van der Waals surface area contributed by atoms with Gasteiger partial charge in [-0.3, -0.25) is 5.32 Å². The Morgan fingerprint density at radius 3 is 2.50 bits per heavy atom. The molecule has 0 aliphatic heterocycles. The molecule has 3 heteroatoms. The number of nitrogens with zero attached hydrogens (tertiary/aromatic N) is 2. The summed E-state index contributed by atoms with van der Waals surface area (Å²) in [7, 11) is 2.19. The van der Waals surface area contributed by atoms with Crippen LogP contribution in [-0.2, 0) is 0 Å². The van der Waals surface area contributed by atoms with Gasteiger partial charge in [0.05, 0.1) is 6.07 Å². The van der Waals surface area contributed by atoms with E-state index in [1.807, 2.05) is 6.92 Å². The van der Waals surface area contributed by atoms with E-state index in [-0.39, 0.29) is 5.54 Å². The molecule has 0 aliphatic carbocycles. The van der Waals surface area contributed by atoms with Crippen molar-refractivity contribution in [1.29, 1.82) is 5.26 Å². The molecule has 18 heavy (non-hydrogen) atoms. The molecule has 0 aromatic heterocycles. The number of hydrogen-bond acceptors (Lipinski definition) is 3. The Hall–Kier alpha value is -0.590. The molecule has 2 atom stereocenters. The van der Waals surface area contributed by atoms with Gasteiger partial charge < -0.3 is 4.90 Å². The second-order valence-corrected chi connectivity index (χ2v) is 5.71. The Labute approximate surface area is 114 Å². The maximum atomic E-state index is 9.15. The maximum absolute atomic E-state index is 9.15. The lowest BCUT2D eigenvalue weighted by Crippen LogP contribution is -2.40. The molecule has 0 radical (unpaired) electrons. The number of rotatable bonds is 10. The summed E-state index contributed by atoms with van der Waals surface area (Å²) < 4.78 is 0. The van der Waals surface area contributed by atoms with Crippen LogP contribution in [-0.4, -0.2) is 37.1 Å². The van der Waals surface area contributed by atoms with Crippen molar-refractivity contribution in [3.05, 3.63) is 0 Å². The lowest BCUT2D eigenvalue weighted by atomic mass is 9.96. The molecule has 0 rings (SSSR count). The van der Waals surface area contributed by atoms with E-state index >= 15 is 0 Å². The first-order valence-corrected chi connectivity index (χ1v) is 7.32. The Kier molecular flexibility index (Phi) is 9.05. The quantitative estimate of drug-likeness (QED) is 0.608.